The first-order valence-electron chi connectivity index (χ1n) is 7.84. The van der Waals surface area contributed by atoms with Gasteiger partial charge in [0, 0.05) is 5.54 Å². The summed E-state index contributed by atoms with van der Waals surface area (Å²) in [5.41, 5.74) is 0.330. The maximum absolute atomic E-state index is 6.05. The Morgan fingerprint density at radius 2 is 1.55 bits per heavy atom. The van der Waals surface area contributed by atoms with Crippen molar-refractivity contribution in [2.75, 3.05) is 13.7 Å². The minimum atomic E-state index is -0.326. The van der Waals surface area contributed by atoms with Gasteiger partial charge in [-0.15, -0.1) is 0 Å². The zero-order valence-corrected chi connectivity index (χ0v) is 14.8. The molecule has 1 saturated heterocycles. The topological polar surface area (TPSA) is 39.7 Å². The molecule has 4 nitrogen and oxygen atoms in total. The lowest BCUT2D eigenvalue weighted by atomic mass is 9.79. The molecule has 1 aromatic rings. The normalized spacial score (nSPS) is 20.2. The molecule has 0 spiro atoms. The molecule has 1 aliphatic heterocycles. The maximum atomic E-state index is 6.05. The third-order valence-electron chi connectivity index (χ3n) is 4.68. The van der Waals surface area contributed by atoms with Gasteiger partial charge in [0.1, 0.15) is 12.4 Å². The van der Waals surface area contributed by atoms with Gasteiger partial charge in [0.15, 0.2) is 0 Å². The molecule has 22 heavy (non-hydrogen) atoms. The third kappa shape index (κ3) is 3.65. The predicted molar refractivity (Wildman–Crippen MR) is 90.8 cm³/mol. The Morgan fingerprint density at radius 1 is 1.05 bits per heavy atom. The van der Waals surface area contributed by atoms with Crippen LogP contribution in [0.15, 0.2) is 24.3 Å². The molecular weight excluding hydrogens is 277 g/mol. The summed E-state index contributed by atoms with van der Waals surface area (Å²) in [6.45, 7) is 13.1. The second-order valence-electron chi connectivity index (χ2n) is 7.58. The summed E-state index contributed by atoms with van der Waals surface area (Å²) in [6.07, 6.45) is 0. The van der Waals surface area contributed by atoms with E-state index in [4.69, 9.17) is 14.0 Å². The van der Waals surface area contributed by atoms with Crippen LogP contribution in [0.2, 0.25) is 0 Å². The molecule has 1 fully saturated rings. The van der Waals surface area contributed by atoms with Crippen molar-refractivity contribution in [2.24, 2.45) is 0 Å². The molecule has 0 amide bonds. The second-order valence-corrected chi connectivity index (χ2v) is 7.58. The van der Waals surface area contributed by atoms with Crippen molar-refractivity contribution in [3.63, 3.8) is 0 Å². The predicted octanol–water partition coefficient (Wildman–Crippen LogP) is 2.36. The molecule has 1 aliphatic rings. The Hall–Kier alpha value is -1.04. The van der Waals surface area contributed by atoms with Crippen LogP contribution in [-0.2, 0) is 9.31 Å². The summed E-state index contributed by atoms with van der Waals surface area (Å²) >= 11 is 0. The fraction of sp³-hybridized carbons (Fsp3) is 0.647. The van der Waals surface area contributed by atoms with Crippen molar-refractivity contribution in [3.05, 3.63) is 24.3 Å². The maximum Gasteiger partial charge on any atom is 0.494 e. The van der Waals surface area contributed by atoms with E-state index in [0.717, 1.165) is 11.2 Å². The molecular formula is C17H28BNO3. The van der Waals surface area contributed by atoms with Crippen LogP contribution in [0, 0.1) is 0 Å². The van der Waals surface area contributed by atoms with Gasteiger partial charge in [-0.3, -0.25) is 0 Å². The first-order valence-corrected chi connectivity index (χ1v) is 7.84. The zero-order valence-electron chi connectivity index (χ0n) is 14.8. The zero-order chi connectivity index (χ0) is 16.6. The van der Waals surface area contributed by atoms with Gasteiger partial charge in [-0.05, 0) is 66.2 Å². The summed E-state index contributed by atoms with van der Waals surface area (Å²) in [5, 5.41) is 3.22. The van der Waals surface area contributed by atoms with Crippen LogP contribution in [0.3, 0.4) is 0 Å². The van der Waals surface area contributed by atoms with Gasteiger partial charge in [-0.1, -0.05) is 12.1 Å². The summed E-state index contributed by atoms with van der Waals surface area (Å²) in [6, 6.07) is 7.94. The van der Waals surface area contributed by atoms with Gasteiger partial charge in [0.2, 0.25) is 0 Å². The van der Waals surface area contributed by atoms with Gasteiger partial charge in [-0.2, -0.15) is 0 Å². The molecule has 0 atom stereocenters. The molecule has 0 bridgehead atoms. The van der Waals surface area contributed by atoms with E-state index in [-0.39, 0.29) is 23.9 Å². The molecule has 0 aromatic heterocycles. The van der Waals surface area contributed by atoms with Crippen molar-refractivity contribution in [1.82, 2.24) is 5.32 Å². The SMILES string of the molecule is CNC(C)(C)COc1ccc(B2OC(C)(C)C(C)(C)O2)cc1. The minimum Gasteiger partial charge on any atom is -0.492 e. The standard InChI is InChI=1S/C17H28BNO3/c1-15(2,19-7)12-20-14-10-8-13(9-11-14)18-21-16(3,4)17(5,6)22-18/h8-11,19H,12H2,1-7H3. The largest absolute Gasteiger partial charge is 0.494 e. The van der Waals surface area contributed by atoms with E-state index in [9.17, 15) is 0 Å². The lowest BCUT2D eigenvalue weighted by molar-refractivity contribution is 0.00578. The molecule has 5 heteroatoms. The van der Waals surface area contributed by atoms with E-state index in [1.165, 1.54) is 0 Å². The van der Waals surface area contributed by atoms with Crippen molar-refractivity contribution < 1.29 is 14.0 Å². The molecule has 122 valence electrons. The van der Waals surface area contributed by atoms with Crippen LogP contribution in [-0.4, -0.2) is 37.5 Å². The average molecular weight is 305 g/mol. The molecule has 0 aliphatic carbocycles. The monoisotopic (exact) mass is 305 g/mol. The Kier molecular flexibility index (Phi) is 4.62. The van der Waals surface area contributed by atoms with Crippen LogP contribution in [0.25, 0.3) is 0 Å². The van der Waals surface area contributed by atoms with Crippen molar-refractivity contribution in [1.29, 1.82) is 0 Å². The van der Waals surface area contributed by atoms with Gasteiger partial charge in [0.25, 0.3) is 0 Å². The number of likely N-dealkylation sites (N-methyl/N-ethyl adjacent to an activating group) is 1. The molecule has 0 unspecified atom stereocenters. The molecule has 2 rings (SSSR count). The van der Waals surface area contributed by atoms with Crippen molar-refractivity contribution >= 4 is 12.6 Å². The number of rotatable bonds is 5. The highest BCUT2D eigenvalue weighted by molar-refractivity contribution is 6.62. The molecule has 1 heterocycles. The Balaban J connectivity index is 2.01. The number of nitrogens with one attached hydrogen (secondary N) is 1. The number of hydrogen-bond acceptors (Lipinski definition) is 4. The summed E-state index contributed by atoms with van der Waals surface area (Å²) < 4.78 is 17.9. The second kappa shape index (κ2) is 5.87. The number of ether oxygens (including phenoxy) is 1. The van der Waals surface area contributed by atoms with Crippen LogP contribution in [0.1, 0.15) is 41.5 Å². The summed E-state index contributed by atoms with van der Waals surface area (Å²) in [5.74, 6) is 0.851. The third-order valence-corrected chi connectivity index (χ3v) is 4.68. The number of benzene rings is 1. The smallest absolute Gasteiger partial charge is 0.492 e. The van der Waals surface area contributed by atoms with Gasteiger partial charge < -0.3 is 19.4 Å². The summed E-state index contributed by atoms with van der Waals surface area (Å²) in [7, 11) is 1.61. The number of hydrogen-bond donors (Lipinski definition) is 1. The molecule has 0 radical (unpaired) electrons. The summed E-state index contributed by atoms with van der Waals surface area (Å²) in [4.78, 5) is 0. The molecule has 1 aromatic carbocycles. The first-order chi connectivity index (χ1) is 10.1. The first kappa shape index (κ1) is 17.3. The van der Waals surface area contributed by atoms with Crippen molar-refractivity contribution in [2.45, 2.75) is 58.3 Å². The van der Waals surface area contributed by atoms with Gasteiger partial charge in [-0.25, -0.2) is 0 Å². The Morgan fingerprint density at radius 3 is 2.00 bits per heavy atom. The van der Waals surface area contributed by atoms with E-state index in [0.29, 0.717) is 6.61 Å². The van der Waals surface area contributed by atoms with E-state index in [2.05, 4.69) is 46.9 Å². The van der Waals surface area contributed by atoms with E-state index >= 15 is 0 Å². The highest BCUT2D eigenvalue weighted by Crippen LogP contribution is 2.36. The Bertz CT molecular complexity index is 495. The quantitative estimate of drug-likeness (QED) is 0.848. The lowest BCUT2D eigenvalue weighted by Gasteiger charge is -2.32. The van der Waals surface area contributed by atoms with Crippen LogP contribution in [0.4, 0.5) is 0 Å². The molecule has 1 N–H and O–H groups in total. The van der Waals surface area contributed by atoms with Crippen LogP contribution in [0.5, 0.6) is 5.75 Å². The minimum absolute atomic E-state index is 0.0512. The van der Waals surface area contributed by atoms with Gasteiger partial charge >= 0.3 is 7.12 Å². The van der Waals surface area contributed by atoms with E-state index in [1.54, 1.807) is 0 Å². The highest BCUT2D eigenvalue weighted by atomic mass is 16.7. The average Bonchev–Trinajstić information content (AvgIpc) is 2.66. The van der Waals surface area contributed by atoms with Gasteiger partial charge in [0.05, 0.1) is 11.2 Å². The molecule has 0 saturated carbocycles. The fourth-order valence-electron chi connectivity index (χ4n) is 2.04. The highest BCUT2D eigenvalue weighted by Gasteiger charge is 2.51. The Labute approximate surface area is 134 Å². The van der Waals surface area contributed by atoms with E-state index < -0.39 is 0 Å². The van der Waals surface area contributed by atoms with Crippen LogP contribution < -0.4 is 15.5 Å². The van der Waals surface area contributed by atoms with E-state index in [1.807, 2.05) is 31.3 Å². The van der Waals surface area contributed by atoms with Crippen LogP contribution >= 0.6 is 0 Å². The van der Waals surface area contributed by atoms with Crippen molar-refractivity contribution in [3.8, 4) is 5.75 Å². The fourth-order valence-corrected chi connectivity index (χ4v) is 2.04. The lowest BCUT2D eigenvalue weighted by Crippen LogP contribution is -2.42.